The van der Waals surface area contributed by atoms with Gasteiger partial charge in [-0.1, -0.05) is 0 Å². The SMILES string of the molecule is CCNN1PNP(F)(F)(F)N=P1(F)F. The second-order valence-corrected chi connectivity index (χ2v) is 7.88. The number of hydrazine groups is 1. The molecule has 0 fully saturated rings. The fourth-order valence-corrected chi connectivity index (χ4v) is 5.81. The Morgan fingerprint density at radius 3 is 2.50 bits per heavy atom. The third-order valence-electron chi connectivity index (χ3n) is 1.13. The van der Waals surface area contributed by atoms with E-state index in [0.29, 0.717) is 0 Å². The fourth-order valence-electron chi connectivity index (χ4n) is 0.699. The number of hydrogen-bond acceptors (Lipinski definition) is 4. The van der Waals surface area contributed by atoms with E-state index in [9.17, 15) is 21.0 Å². The summed E-state index contributed by atoms with van der Waals surface area (Å²) in [6, 6.07) is 0. The summed E-state index contributed by atoms with van der Waals surface area (Å²) in [6.45, 7) is 1.64. The molecule has 0 aromatic heterocycles. The Kier molecular flexibility index (Phi) is 3.24. The molecule has 1 aliphatic rings. The van der Waals surface area contributed by atoms with Gasteiger partial charge in [0.05, 0.1) is 0 Å². The van der Waals surface area contributed by atoms with Gasteiger partial charge >= 0.3 is 78.3 Å². The maximum atomic E-state index is 12.9. The van der Waals surface area contributed by atoms with Crippen molar-refractivity contribution in [2.24, 2.45) is 4.52 Å². The van der Waals surface area contributed by atoms with Crippen molar-refractivity contribution in [1.82, 2.24) is 14.8 Å². The first-order valence-corrected chi connectivity index (χ1v) is 7.71. The van der Waals surface area contributed by atoms with E-state index < -0.39 is 24.5 Å². The van der Waals surface area contributed by atoms with E-state index in [1.807, 2.05) is 0 Å². The van der Waals surface area contributed by atoms with Crippen molar-refractivity contribution in [3.8, 4) is 0 Å². The second kappa shape index (κ2) is 3.58. The third kappa shape index (κ3) is 3.05. The van der Waals surface area contributed by atoms with Crippen molar-refractivity contribution in [3.05, 3.63) is 0 Å². The van der Waals surface area contributed by atoms with Crippen LogP contribution < -0.4 is 10.3 Å². The Bertz CT molecular complexity index is 280. The van der Waals surface area contributed by atoms with Gasteiger partial charge in [0.25, 0.3) is 0 Å². The Morgan fingerprint density at radius 1 is 1.50 bits per heavy atom. The van der Waals surface area contributed by atoms with Gasteiger partial charge in [-0.15, -0.1) is 0 Å². The molecule has 0 aromatic rings. The van der Waals surface area contributed by atoms with Crippen LogP contribution in [0.2, 0.25) is 0 Å². The summed E-state index contributed by atoms with van der Waals surface area (Å²) >= 11 is 0. The summed E-state index contributed by atoms with van der Waals surface area (Å²) in [7, 11) is -13.8. The van der Waals surface area contributed by atoms with Gasteiger partial charge in [0.1, 0.15) is 0 Å². The van der Waals surface area contributed by atoms with E-state index in [0.717, 1.165) is 4.86 Å². The van der Waals surface area contributed by atoms with Gasteiger partial charge in [0.15, 0.2) is 0 Å². The van der Waals surface area contributed by atoms with Gasteiger partial charge in [-0.2, -0.15) is 0 Å². The normalized spacial score (nSPS) is 34.3. The molecule has 2 N–H and O–H groups in total. The molecule has 0 bridgehead atoms. The number of rotatable bonds is 2. The van der Waals surface area contributed by atoms with Crippen molar-refractivity contribution in [1.29, 1.82) is 0 Å². The van der Waals surface area contributed by atoms with Crippen LogP contribution in [-0.2, 0) is 0 Å². The van der Waals surface area contributed by atoms with Crippen molar-refractivity contribution in [3.63, 3.8) is 0 Å². The molecule has 1 unspecified atom stereocenters. The molecule has 1 aliphatic heterocycles. The van der Waals surface area contributed by atoms with Crippen LogP contribution in [0.3, 0.4) is 0 Å². The minimum atomic E-state index is -7.16. The van der Waals surface area contributed by atoms with E-state index in [1.54, 1.807) is 4.52 Å². The summed E-state index contributed by atoms with van der Waals surface area (Å²) in [4.78, 5) is 1.13. The number of halogens is 5. The predicted molar refractivity (Wildman–Crippen MR) is 48.8 cm³/mol. The van der Waals surface area contributed by atoms with Gasteiger partial charge in [-0.25, -0.2) is 0 Å². The van der Waals surface area contributed by atoms with E-state index in [1.165, 1.54) is 6.92 Å². The summed E-state index contributed by atoms with van der Waals surface area (Å²) in [5.41, 5.74) is 2.14. The van der Waals surface area contributed by atoms with Crippen LogP contribution in [0, 0.1) is 0 Å². The standard InChI is InChI=1S/C2H8F5N4P3/c1-2-8-11-12-9-14(5,6,7)10-13(11,3)4/h8-9,12H,2H2,1H3. The van der Waals surface area contributed by atoms with E-state index in [4.69, 9.17) is 0 Å². The van der Waals surface area contributed by atoms with E-state index in [2.05, 4.69) is 5.43 Å². The van der Waals surface area contributed by atoms with Gasteiger partial charge < -0.3 is 0 Å². The zero-order valence-corrected chi connectivity index (χ0v) is 9.67. The quantitative estimate of drug-likeness (QED) is 0.594. The number of nitrogens with zero attached hydrogens (tertiary/aromatic N) is 2. The monoisotopic (exact) mass is 276 g/mol. The molecule has 1 heterocycles. The van der Waals surface area contributed by atoms with Crippen LogP contribution in [-0.4, -0.2) is 11.1 Å². The molecule has 14 heavy (non-hydrogen) atoms. The van der Waals surface area contributed by atoms with Crippen LogP contribution in [0.15, 0.2) is 4.52 Å². The van der Waals surface area contributed by atoms with Crippen molar-refractivity contribution < 1.29 is 21.0 Å². The van der Waals surface area contributed by atoms with Crippen LogP contribution in [0.1, 0.15) is 6.92 Å². The average molecular weight is 276 g/mol. The zero-order valence-electron chi connectivity index (χ0n) is 6.89. The maximum absolute atomic E-state index is 12.9. The summed E-state index contributed by atoms with van der Waals surface area (Å²) in [5, 5.41) is 0. The molecule has 0 aromatic carbocycles. The second-order valence-electron chi connectivity index (χ2n) is 2.36. The number of hydrogen-bond donors (Lipinski definition) is 2. The molecule has 0 saturated carbocycles. The number of nitrogens with one attached hydrogen (secondary N) is 2. The first kappa shape index (κ1) is 12.7. The molecule has 1 atom stereocenters. The fraction of sp³-hybridized carbons (Fsp3) is 1.00. The average Bonchev–Trinajstić information content (AvgIpc) is 1.91. The predicted octanol–water partition coefficient (Wildman–Crippen LogP) is 3.85. The van der Waals surface area contributed by atoms with E-state index >= 15 is 0 Å². The first-order chi connectivity index (χ1) is 6.14. The topological polar surface area (TPSA) is 39.7 Å². The Hall–Kier alpha value is 0.620. The van der Waals surface area contributed by atoms with Crippen molar-refractivity contribution >= 4 is 24.5 Å². The summed E-state index contributed by atoms with van der Waals surface area (Å²) < 4.78 is 65.2. The molecule has 86 valence electrons. The molecule has 1 rings (SSSR count). The van der Waals surface area contributed by atoms with Gasteiger partial charge in [-0.3, -0.25) is 0 Å². The van der Waals surface area contributed by atoms with Crippen LogP contribution in [0.5, 0.6) is 0 Å². The first-order valence-electron chi connectivity index (χ1n) is 3.43. The van der Waals surface area contributed by atoms with Crippen LogP contribution >= 0.6 is 24.5 Å². The molecule has 12 heteroatoms. The van der Waals surface area contributed by atoms with E-state index in [-0.39, 0.29) is 11.1 Å². The molecule has 0 saturated heterocycles. The Morgan fingerprint density at radius 2 is 2.07 bits per heavy atom. The van der Waals surface area contributed by atoms with Gasteiger partial charge in [0.2, 0.25) is 0 Å². The summed E-state index contributed by atoms with van der Waals surface area (Å²) in [5.74, 6) is 0. The van der Waals surface area contributed by atoms with Crippen molar-refractivity contribution in [2.45, 2.75) is 6.92 Å². The van der Waals surface area contributed by atoms with Crippen LogP contribution in [0.25, 0.3) is 0 Å². The van der Waals surface area contributed by atoms with Gasteiger partial charge in [-0.05, 0) is 0 Å². The van der Waals surface area contributed by atoms with Crippen LogP contribution in [0.4, 0.5) is 21.0 Å². The minimum absolute atomic E-state index is 0.126. The third-order valence-corrected chi connectivity index (χ3v) is 6.99. The van der Waals surface area contributed by atoms with Gasteiger partial charge in [0, 0.05) is 0 Å². The molecule has 0 spiro atoms. The molecule has 4 nitrogen and oxygen atoms in total. The molecular formula is C2H8F5N4P3. The zero-order chi connectivity index (χ0) is 11.1. The Labute approximate surface area is 79.2 Å². The molecule has 0 aliphatic carbocycles. The molecular weight excluding hydrogens is 268 g/mol. The molecule has 0 amide bonds. The Balaban J connectivity index is 3.00. The summed E-state index contributed by atoms with van der Waals surface area (Å²) in [6.07, 6.45) is 0. The molecule has 0 radical (unpaired) electrons. The van der Waals surface area contributed by atoms with Crippen molar-refractivity contribution in [2.75, 3.05) is 6.54 Å².